The van der Waals surface area contributed by atoms with Gasteiger partial charge in [-0.05, 0) is 0 Å². The Morgan fingerprint density at radius 2 is 2.33 bits per heavy atom. The molecule has 0 spiro atoms. The standard InChI is InChI=1S/C8H12O4/c1-3-5-8(11-2)7(10)6(4-9)12-5/h1,5-10H,4H2,2H3/t5-,6-,7?,8?/m1/s1. The van der Waals surface area contributed by atoms with Crippen molar-refractivity contribution in [3.63, 3.8) is 0 Å². The topological polar surface area (TPSA) is 58.9 Å². The first-order chi connectivity index (χ1) is 5.74. The third kappa shape index (κ3) is 1.45. The summed E-state index contributed by atoms with van der Waals surface area (Å²) in [6.45, 7) is -0.251. The normalized spacial score (nSPS) is 41.2. The van der Waals surface area contributed by atoms with Crippen LogP contribution < -0.4 is 0 Å². The fourth-order valence-electron chi connectivity index (χ4n) is 1.29. The van der Waals surface area contributed by atoms with Crippen LogP contribution in [0.15, 0.2) is 0 Å². The van der Waals surface area contributed by atoms with Gasteiger partial charge < -0.3 is 19.7 Å². The lowest BCUT2D eigenvalue weighted by Gasteiger charge is -2.14. The molecule has 2 unspecified atom stereocenters. The number of aliphatic hydroxyl groups is 2. The molecule has 0 aromatic heterocycles. The second-order valence-electron chi connectivity index (χ2n) is 2.64. The van der Waals surface area contributed by atoms with E-state index < -0.39 is 24.4 Å². The second-order valence-corrected chi connectivity index (χ2v) is 2.64. The molecule has 4 heteroatoms. The predicted molar refractivity (Wildman–Crippen MR) is 41.4 cm³/mol. The summed E-state index contributed by atoms with van der Waals surface area (Å²) < 4.78 is 10.0. The molecular weight excluding hydrogens is 160 g/mol. The maximum atomic E-state index is 9.44. The molecule has 2 N–H and O–H groups in total. The predicted octanol–water partition coefficient (Wildman–Crippen LogP) is -1.24. The average molecular weight is 172 g/mol. The van der Waals surface area contributed by atoms with E-state index in [-0.39, 0.29) is 6.61 Å². The highest BCUT2D eigenvalue weighted by Gasteiger charge is 2.42. The Hall–Kier alpha value is -0.600. The zero-order chi connectivity index (χ0) is 9.14. The summed E-state index contributed by atoms with van der Waals surface area (Å²) in [6, 6.07) is 0. The number of terminal acetylenes is 1. The van der Waals surface area contributed by atoms with E-state index in [9.17, 15) is 5.11 Å². The van der Waals surface area contributed by atoms with Crippen molar-refractivity contribution in [2.45, 2.75) is 24.4 Å². The molecule has 12 heavy (non-hydrogen) atoms. The van der Waals surface area contributed by atoms with Gasteiger partial charge in [0.15, 0.2) is 0 Å². The van der Waals surface area contributed by atoms with Gasteiger partial charge in [0.1, 0.15) is 24.4 Å². The molecule has 0 aromatic carbocycles. The molecule has 1 aliphatic heterocycles. The van der Waals surface area contributed by atoms with E-state index >= 15 is 0 Å². The van der Waals surface area contributed by atoms with Crippen molar-refractivity contribution < 1.29 is 19.7 Å². The van der Waals surface area contributed by atoms with Crippen LogP contribution in [0, 0.1) is 12.3 Å². The SMILES string of the molecule is C#C[C@H]1O[C@H](CO)C(O)C1OC. The van der Waals surface area contributed by atoms with E-state index in [0.29, 0.717) is 0 Å². The van der Waals surface area contributed by atoms with Crippen LogP contribution in [0.4, 0.5) is 0 Å². The molecule has 1 aliphatic rings. The van der Waals surface area contributed by atoms with Crippen molar-refractivity contribution in [3.8, 4) is 12.3 Å². The van der Waals surface area contributed by atoms with E-state index in [1.807, 2.05) is 0 Å². The lowest BCUT2D eigenvalue weighted by atomic mass is 10.1. The molecule has 4 nitrogen and oxygen atoms in total. The third-order valence-corrected chi connectivity index (χ3v) is 1.95. The molecule has 0 aliphatic carbocycles. The van der Waals surface area contributed by atoms with Gasteiger partial charge in [0.25, 0.3) is 0 Å². The zero-order valence-corrected chi connectivity index (χ0v) is 6.80. The van der Waals surface area contributed by atoms with Gasteiger partial charge in [-0.3, -0.25) is 0 Å². The number of rotatable bonds is 2. The van der Waals surface area contributed by atoms with Crippen molar-refractivity contribution in [3.05, 3.63) is 0 Å². The van der Waals surface area contributed by atoms with Crippen LogP contribution in [0.2, 0.25) is 0 Å². The highest BCUT2D eigenvalue weighted by atomic mass is 16.6. The van der Waals surface area contributed by atoms with Gasteiger partial charge in [0, 0.05) is 7.11 Å². The molecule has 0 saturated carbocycles. The number of hydrogen-bond acceptors (Lipinski definition) is 4. The van der Waals surface area contributed by atoms with Gasteiger partial charge in [-0.15, -0.1) is 6.42 Å². The van der Waals surface area contributed by atoms with Crippen LogP contribution in [0.5, 0.6) is 0 Å². The quantitative estimate of drug-likeness (QED) is 0.511. The van der Waals surface area contributed by atoms with E-state index in [1.165, 1.54) is 7.11 Å². The molecule has 68 valence electrons. The van der Waals surface area contributed by atoms with E-state index in [0.717, 1.165) is 0 Å². The summed E-state index contributed by atoms with van der Waals surface area (Å²) in [6.07, 6.45) is 2.55. The lowest BCUT2D eigenvalue weighted by Crippen LogP contribution is -2.35. The Balaban J connectivity index is 2.66. The summed E-state index contributed by atoms with van der Waals surface area (Å²) >= 11 is 0. The summed E-state index contributed by atoms with van der Waals surface area (Å²) in [5.74, 6) is 2.34. The molecule has 1 heterocycles. The molecule has 0 amide bonds. The lowest BCUT2D eigenvalue weighted by molar-refractivity contribution is -0.0149. The van der Waals surface area contributed by atoms with E-state index in [1.54, 1.807) is 0 Å². The van der Waals surface area contributed by atoms with Crippen molar-refractivity contribution in [1.82, 2.24) is 0 Å². The number of aliphatic hydroxyl groups excluding tert-OH is 2. The molecule has 0 radical (unpaired) electrons. The minimum atomic E-state index is -0.846. The number of methoxy groups -OCH3 is 1. The first-order valence-electron chi connectivity index (χ1n) is 3.68. The van der Waals surface area contributed by atoms with Gasteiger partial charge >= 0.3 is 0 Å². The Morgan fingerprint density at radius 3 is 2.67 bits per heavy atom. The molecule has 0 aromatic rings. The number of hydrogen-bond donors (Lipinski definition) is 2. The third-order valence-electron chi connectivity index (χ3n) is 1.95. The van der Waals surface area contributed by atoms with Crippen LogP contribution in [0.3, 0.4) is 0 Å². The van der Waals surface area contributed by atoms with Crippen molar-refractivity contribution in [2.24, 2.45) is 0 Å². The highest BCUT2D eigenvalue weighted by Crippen LogP contribution is 2.22. The van der Waals surface area contributed by atoms with Gasteiger partial charge in [-0.25, -0.2) is 0 Å². The Bertz CT molecular complexity index is 186. The van der Waals surface area contributed by atoms with Crippen molar-refractivity contribution in [2.75, 3.05) is 13.7 Å². The van der Waals surface area contributed by atoms with Gasteiger partial charge in [-0.2, -0.15) is 0 Å². The van der Waals surface area contributed by atoms with Crippen LogP contribution in [-0.2, 0) is 9.47 Å². The molecule has 1 fully saturated rings. The minimum absolute atomic E-state index is 0.251. The molecule has 0 bridgehead atoms. The second kappa shape index (κ2) is 3.87. The maximum absolute atomic E-state index is 9.44. The summed E-state index contributed by atoms with van der Waals surface area (Å²) in [5.41, 5.74) is 0. The first-order valence-corrected chi connectivity index (χ1v) is 3.68. The minimum Gasteiger partial charge on any atom is -0.394 e. The zero-order valence-electron chi connectivity index (χ0n) is 6.80. The van der Waals surface area contributed by atoms with Crippen LogP contribution >= 0.6 is 0 Å². The average Bonchev–Trinajstić information content (AvgIpc) is 2.41. The largest absolute Gasteiger partial charge is 0.394 e. The highest BCUT2D eigenvalue weighted by molar-refractivity contribution is 5.07. The monoisotopic (exact) mass is 172 g/mol. The van der Waals surface area contributed by atoms with E-state index in [2.05, 4.69) is 5.92 Å². The summed E-state index contributed by atoms with van der Waals surface area (Å²) in [4.78, 5) is 0. The molecular formula is C8H12O4. The summed E-state index contributed by atoms with van der Waals surface area (Å²) in [7, 11) is 1.45. The van der Waals surface area contributed by atoms with Crippen LogP contribution in [-0.4, -0.2) is 48.3 Å². The van der Waals surface area contributed by atoms with E-state index in [4.69, 9.17) is 21.0 Å². The fourth-order valence-corrected chi connectivity index (χ4v) is 1.29. The fraction of sp³-hybridized carbons (Fsp3) is 0.750. The van der Waals surface area contributed by atoms with Crippen LogP contribution in [0.25, 0.3) is 0 Å². The number of ether oxygens (including phenoxy) is 2. The van der Waals surface area contributed by atoms with Crippen molar-refractivity contribution >= 4 is 0 Å². The Morgan fingerprint density at radius 1 is 1.67 bits per heavy atom. The van der Waals surface area contributed by atoms with Crippen molar-refractivity contribution in [1.29, 1.82) is 0 Å². The first kappa shape index (κ1) is 9.49. The Kier molecular flexibility index (Phi) is 3.06. The molecule has 1 saturated heterocycles. The molecule has 1 rings (SSSR count). The smallest absolute Gasteiger partial charge is 0.147 e. The van der Waals surface area contributed by atoms with Crippen LogP contribution in [0.1, 0.15) is 0 Å². The van der Waals surface area contributed by atoms with Gasteiger partial charge in [-0.1, -0.05) is 5.92 Å². The Labute approximate surface area is 71.1 Å². The van der Waals surface area contributed by atoms with Gasteiger partial charge in [0.2, 0.25) is 0 Å². The van der Waals surface area contributed by atoms with Gasteiger partial charge in [0.05, 0.1) is 6.61 Å². The maximum Gasteiger partial charge on any atom is 0.147 e. The molecule has 4 atom stereocenters. The summed E-state index contributed by atoms with van der Waals surface area (Å²) in [5, 5.41) is 18.2.